The van der Waals surface area contributed by atoms with Gasteiger partial charge in [0.05, 0.1) is 11.6 Å². The second kappa shape index (κ2) is 6.11. The van der Waals surface area contributed by atoms with E-state index in [1.165, 1.54) is 12.1 Å². The maximum absolute atomic E-state index is 12.0. The Bertz CT molecular complexity index is 360. The van der Waals surface area contributed by atoms with Gasteiger partial charge in [0.25, 0.3) is 0 Å². The van der Waals surface area contributed by atoms with Gasteiger partial charge in [-0.1, -0.05) is 12.1 Å². The molecule has 1 aromatic rings. The Balaban J connectivity index is 2.56. The first kappa shape index (κ1) is 14.9. The molecule has 0 aliphatic heterocycles. The molecule has 1 aromatic carbocycles. The van der Waals surface area contributed by atoms with Gasteiger partial charge in [0, 0.05) is 0 Å². The van der Waals surface area contributed by atoms with Crippen LogP contribution < -0.4 is 10.2 Å². The number of halogens is 2. The van der Waals surface area contributed by atoms with Crippen molar-refractivity contribution in [3.63, 3.8) is 0 Å². The third kappa shape index (κ3) is 5.42. The van der Waals surface area contributed by atoms with E-state index in [4.69, 9.17) is 4.84 Å². The summed E-state index contributed by atoms with van der Waals surface area (Å²) < 4.78 is 28.2. The molecule has 0 aliphatic rings. The zero-order valence-electron chi connectivity index (χ0n) is 11.0. The highest BCUT2D eigenvalue weighted by atomic mass is 19.3. The Morgan fingerprint density at radius 1 is 1.11 bits per heavy atom. The van der Waals surface area contributed by atoms with Gasteiger partial charge in [-0.15, -0.1) is 0 Å². The van der Waals surface area contributed by atoms with Gasteiger partial charge in [-0.05, 0) is 45.4 Å². The summed E-state index contributed by atoms with van der Waals surface area (Å²) >= 11 is 0. The van der Waals surface area contributed by atoms with Crippen LogP contribution in [0.1, 0.15) is 39.3 Å². The molecule has 1 N–H and O–H groups in total. The Morgan fingerprint density at radius 2 is 1.67 bits per heavy atom. The predicted molar refractivity (Wildman–Crippen MR) is 65.5 cm³/mol. The summed E-state index contributed by atoms with van der Waals surface area (Å²) in [4.78, 5) is 5.44. The van der Waals surface area contributed by atoms with Crippen molar-refractivity contribution < 1.29 is 18.4 Å². The first-order valence-electron chi connectivity index (χ1n) is 5.76. The highest BCUT2D eigenvalue weighted by molar-refractivity contribution is 5.28. The lowest BCUT2D eigenvalue weighted by Crippen LogP contribution is -2.30. The van der Waals surface area contributed by atoms with Crippen LogP contribution in [0.25, 0.3) is 0 Å². The molecular formula is C13H19F2NO2. The maximum atomic E-state index is 12.0. The van der Waals surface area contributed by atoms with Gasteiger partial charge in [0.15, 0.2) is 0 Å². The Labute approximate surface area is 106 Å². The van der Waals surface area contributed by atoms with Crippen LogP contribution in [-0.2, 0) is 4.84 Å². The van der Waals surface area contributed by atoms with E-state index in [2.05, 4.69) is 10.2 Å². The van der Waals surface area contributed by atoms with Crippen LogP contribution in [0.4, 0.5) is 8.78 Å². The van der Waals surface area contributed by atoms with Crippen molar-refractivity contribution in [3.8, 4) is 5.75 Å². The van der Waals surface area contributed by atoms with E-state index in [1.807, 2.05) is 27.7 Å². The van der Waals surface area contributed by atoms with Crippen molar-refractivity contribution in [2.24, 2.45) is 0 Å². The number of hydrogen-bond acceptors (Lipinski definition) is 3. The summed E-state index contributed by atoms with van der Waals surface area (Å²) in [6.45, 7) is 4.94. The van der Waals surface area contributed by atoms with Crippen molar-refractivity contribution in [2.45, 2.75) is 45.9 Å². The molecule has 0 bridgehead atoms. The lowest BCUT2D eigenvalue weighted by atomic mass is 10.1. The zero-order chi connectivity index (χ0) is 13.8. The number of ether oxygens (including phenoxy) is 1. The molecule has 1 rings (SSSR count). The van der Waals surface area contributed by atoms with E-state index in [1.54, 1.807) is 12.1 Å². The second-order valence-electron chi connectivity index (χ2n) is 5.00. The smallest absolute Gasteiger partial charge is 0.387 e. The monoisotopic (exact) mass is 259 g/mol. The molecule has 102 valence electrons. The summed E-state index contributed by atoms with van der Waals surface area (Å²) in [6.07, 6.45) is 0. The molecule has 5 heteroatoms. The maximum Gasteiger partial charge on any atom is 0.387 e. The standard InChI is InChI=1S/C13H19F2NO2/c1-9(16-18-13(2,3)4)10-5-7-11(8-6-10)17-12(14)15/h5-9,12,16H,1-4H3. The van der Waals surface area contributed by atoms with Crippen LogP contribution in [0, 0.1) is 0 Å². The molecule has 0 saturated heterocycles. The fourth-order valence-corrected chi connectivity index (χ4v) is 1.27. The van der Waals surface area contributed by atoms with Crippen LogP contribution in [0.5, 0.6) is 5.75 Å². The number of nitrogens with one attached hydrogen (secondary N) is 1. The fourth-order valence-electron chi connectivity index (χ4n) is 1.27. The average Bonchev–Trinajstić information content (AvgIpc) is 2.25. The average molecular weight is 259 g/mol. The molecule has 0 spiro atoms. The largest absolute Gasteiger partial charge is 0.435 e. The number of hydrogen-bond donors (Lipinski definition) is 1. The summed E-state index contributed by atoms with van der Waals surface area (Å²) in [5.74, 6) is 0.151. The van der Waals surface area contributed by atoms with E-state index >= 15 is 0 Å². The number of hydroxylamine groups is 1. The second-order valence-corrected chi connectivity index (χ2v) is 5.00. The Kier molecular flexibility index (Phi) is 5.04. The minimum atomic E-state index is -2.80. The first-order valence-corrected chi connectivity index (χ1v) is 5.76. The fraction of sp³-hybridized carbons (Fsp3) is 0.538. The summed E-state index contributed by atoms with van der Waals surface area (Å²) in [7, 11) is 0. The van der Waals surface area contributed by atoms with Crippen LogP contribution in [0.3, 0.4) is 0 Å². The zero-order valence-corrected chi connectivity index (χ0v) is 11.0. The molecule has 0 saturated carbocycles. The normalized spacial score (nSPS) is 13.7. The van der Waals surface area contributed by atoms with Gasteiger partial charge in [-0.3, -0.25) is 4.84 Å². The number of rotatable bonds is 5. The van der Waals surface area contributed by atoms with E-state index in [9.17, 15) is 8.78 Å². The van der Waals surface area contributed by atoms with Crippen molar-refractivity contribution >= 4 is 0 Å². The summed E-state index contributed by atoms with van der Waals surface area (Å²) in [5, 5.41) is 0. The van der Waals surface area contributed by atoms with E-state index in [0.29, 0.717) is 0 Å². The Hall–Kier alpha value is -1.20. The van der Waals surface area contributed by atoms with Crippen molar-refractivity contribution in [2.75, 3.05) is 0 Å². The lowest BCUT2D eigenvalue weighted by Gasteiger charge is -2.23. The first-order chi connectivity index (χ1) is 8.28. The summed E-state index contributed by atoms with van der Waals surface area (Å²) in [5.41, 5.74) is 3.56. The van der Waals surface area contributed by atoms with Gasteiger partial charge in [0.1, 0.15) is 5.75 Å². The van der Waals surface area contributed by atoms with Crippen LogP contribution >= 0.6 is 0 Å². The van der Waals surface area contributed by atoms with E-state index in [0.717, 1.165) is 5.56 Å². The highest BCUT2D eigenvalue weighted by Crippen LogP contribution is 2.19. The van der Waals surface area contributed by atoms with E-state index in [-0.39, 0.29) is 17.4 Å². The molecule has 0 amide bonds. The van der Waals surface area contributed by atoms with E-state index < -0.39 is 6.61 Å². The molecule has 0 radical (unpaired) electrons. The van der Waals surface area contributed by atoms with Crippen LogP contribution in [0.15, 0.2) is 24.3 Å². The number of benzene rings is 1. The summed E-state index contributed by atoms with van der Waals surface area (Å²) in [6, 6.07) is 6.43. The molecule has 0 aliphatic carbocycles. The van der Waals surface area contributed by atoms with Gasteiger partial charge in [0.2, 0.25) is 0 Å². The third-order valence-electron chi connectivity index (χ3n) is 2.15. The highest BCUT2D eigenvalue weighted by Gasteiger charge is 2.13. The molecule has 0 aromatic heterocycles. The van der Waals surface area contributed by atoms with Crippen molar-refractivity contribution in [3.05, 3.63) is 29.8 Å². The van der Waals surface area contributed by atoms with Crippen LogP contribution in [0.2, 0.25) is 0 Å². The van der Waals surface area contributed by atoms with Gasteiger partial charge in [-0.2, -0.15) is 14.3 Å². The van der Waals surface area contributed by atoms with Crippen LogP contribution in [-0.4, -0.2) is 12.2 Å². The molecule has 3 nitrogen and oxygen atoms in total. The van der Waals surface area contributed by atoms with Gasteiger partial charge >= 0.3 is 6.61 Å². The van der Waals surface area contributed by atoms with Crippen molar-refractivity contribution in [1.82, 2.24) is 5.48 Å². The molecular weight excluding hydrogens is 240 g/mol. The molecule has 18 heavy (non-hydrogen) atoms. The number of alkyl halides is 2. The minimum Gasteiger partial charge on any atom is -0.435 e. The lowest BCUT2D eigenvalue weighted by molar-refractivity contribution is -0.0866. The molecule has 1 atom stereocenters. The predicted octanol–water partition coefficient (Wildman–Crippen LogP) is 3.67. The van der Waals surface area contributed by atoms with Gasteiger partial charge in [-0.25, -0.2) is 0 Å². The Morgan fingerprint density at radius 3 is 2.11 bits per heavy atom. The molecule has 0 heterocycles. The topological polar surface area (TPSA) is 30.5 Å². The quantitative estimate of drug-likeness (QED) is 0.818. The third-order valence-corrected chi connectivity index (χ3v) is 2.15. The van der Waals surface area contributed by atoms with Crippen molar-refractivity contribution in [1.29, 1.82) is 0 Å². The molecule has 1 unspecified atom stereocenters. The minimum absolute atomic E-state index is 0.0372. The molecule has 0 fully saturated rings. The SMILES string of the molecule is CC(NOC(C)(C)C)c1ccc(OC(F)F)cc1. The van der Waals surface area contributed by atoms with Gasteiger partial charge < -0.3 is 4.74 Å².